The number of rotatable bonds is 4. The summed E-state index contributed by atoms with van der Waals surface area (Å²) in [6, 6.07) is 13.7. The molecular weight excluding hydrogens is 433 g/mol. The van der Waals surface area contributed by atoms with Crippen molar-refractivity contribution in [3.05, 3.63) is 87.9 Å². The molecule has 150 valence electrons. The molecule has 0 unspecified atom stereocenters. The molecule has 0 aliphatic carbocycles. The minimum absolute atomic E-state index is 0.0266. The molecule has 1 amide bonds. The highest BCUT2D eigenvalue weighted by molar-refractivity contribution is 6.33. The summed E-state index contributed by atoms with van der Waals surface area (Å²) in [5.74, 6) is -2.41. The van der Waals surface area contributed by atoms with Gasteiger partial charge < -0.3 is 9.73 Å². The molecular formula is C22H12Cl2F2N2O2. The number of anilines is 1. The lowest BCUT2D eigenvalue weighted by Gasteiger charge is -2.01. The third-order valence-corrected chi connectivity index (χ3v) is 4.76. The number of fused-ring (bicyclic) bond motifs is 1. The van der Waals surface area contributed by atoms with Gasteiger partial charge in [-0.05, 0) is 54.1 Å². The summed E-state index contributed by atoms with van der Waals surface area (Å²) in [5.41, 5.74) is 2.27. The Labute approximate surface area is 179 Å². The number of halogens is 4. The Morgan fingerprint density at radius 1 is 1.00 bits per heavy atom. The number of aromatic nitrogens is 1. The summed E-state index contributed by atoms with van der Waals surface area (Å²) in [7, 11) is 0. The summed E-state index contributed by atoms with van der Waals surface area (Å²) < 4.78 is 32.4. The van der Waals surface area contributed by atoms with E-state index in [-0.39, 0.29) is 22.4 Å². The molecule has 4 rings (SSSR count). The van der Waals surface area contributed by atoms with Crippen LogP contribution in [0.15, 0.2) is 65.1 Å². The zero-order valence-corrected chi connectivity index (χ0v) is 16.6. The summed E-state index contributed by atoms with van der Waals surface area (Å²) in [5, 5.41) is 3.31. The molecule has 8 heteroatoms. The van der Waals surface area contributed by atoms with Gasteiger partial charge in [0.25, 0.3) is 0 Å². The normalized spacial score (nSPS) is 11.3. The van der Waals surface area contributed by atoms with Crippen LogP contribution in [0.1, 0.15) is 5.56 Å². The van der Waals surface area contributed by atoms with Gasteiger partial charge in [-0.2, -0.15) is 0 Å². The quantitative estimate of drug-likeness (QED) is 0.280. The van der Waals surface area contributed by atoms with Gasteiger partial charge in [-0.1, -0.05) is 35.3 Å². The second kappa shape index (κ2) is 8.26. The molecule has 0 saturated heterocycles. The molecule has 4 nitrogen and oxygen atoms in total. The van der Waals surface area contributed by atoms with Crippen LogP contribution in [0.4, 0.5) is 14.5 Å². The number of oxazole rings is 1. The number of carbonyl (C=O) groups is 1. The van der Waals surface area contributed by atoms with Crippen molar-refractivity contribution in [1.82, 2.24) is 4.98 Å². The fourth-order valence-electron chi connectivity index (χ4n) is 2.74. The smallest absolute Gasteiger partial charge is 0.248 e. The van der Waals surface area contributed by atoms with Gasteiger partial charge in [-0.3, -0.25) is 4.79 Å². The van der Waals surface area contributed by atoms with Crippen LogP contribution in [-0.2, 0) is 4.79 Å². The van der Waals surface area contributed by atoms with Crippen molar-refractivity contribution >= 4 is 52.0 Å². The lowest BCUT2D eigenvalue weighted by Crippen LogP contribution is -2.07. The maximum Gasteiger partial charge on any atom is 0.248 e. The average Bonchev–Trinajstić information content (AvgIpc) is 3.13. The number of carbonyl (C=O) groups excluding carboxylic acids is 1. The molecule has 0 fully saturated rings. The number of amides is 1. The Morgan fingerprint density at radius 3 is 2.50 bits per heavy atom. The van der Waals surface area contributed by atoms with E-state index in [4.69, 9.17) is 27.6 Å². The number of hydrogen-bond donors (Lipinski definition) is 1. The first kappa shape index (κ1) is 20.1. The third kappa shape index (κ3) is 4.35. The van der Waals surface area contributed by atoms with E-state index in [1.165, 1.54) is 6.08 Å². The second-order valence-electron chi connectivity index (χ2n) is 6.32. The highest BCUT2D eigenvalue weighted by Gasteiger charge is 2.16. The molecule has 0 aliphatic rings. The molecule has 0 atom stereocenters. The number of hydrogen-bond acceptors (Lipinski definition) is 3. The van der Waals surface area contributed by atoms with Gasteiger partial charge in [0, 0.05) is 16.8 Å². The van der Waals surface area contributed by atoms with Crippen molar-refractivity contribution in [3.63, 3.8) is 0 Å². The summed E-state index contributed by atoms with van der Waals surface area (Å²) >= 11 is 11.8. The lowest BCUT2D eigenvalue weighted by atomic mass is 10.2. The Bertz CT molecular complexity index is 1280. The van der Waals surface area contributed by atoms with Gasteiger partial charge in [0.1, 0.15) is 5.52 Å². The molecule has 0 spiro atoms. The standard InChI is InChI=1S/C22H12Cl2F2N2O2/c23-13-4-1-12(2-5-13)3-8-21(29)27-14-6-7-20-19(9-14)28-22(30-20)15-10-17(25)18(26)11-16(15)24/h1-11H,(H,27,29)/b8-3+. The van der Waals surface area contributed by atoms with Crippen LogP contribution in [0.2, 0.25) is 10.0 Å². The number of nitrogens with one attached hydrogen (secondary N) is 1. The van der Waals surface area contributed by atoms with Crippen LogP contribution in [0.25, 0.3) is 28.6 Å². The summed E-state index contributed by atoms with van der Waals surface area (Å²) in [6.45, 7) is 0. The van der Waals surface area contributed by atoms with Crippen LogP contribution < -0.4 is 5.32 Å². The topological polar surface area (TPSA) is 55.1 Å². The first-order chi connectivity index (χ1) is 14.4. The van der Waals surface area contributed by atoms with Crippen molar-refractivity contribution in [1.29, 1.82) is 0 Å². The van der Waals surface area contributed by atoms with Gasteiger partial charge in [-0.25, -0.2) is 13.8 Å². The first-order valence-electron chi connectivity index (χ1n) is 8.69. The minimum Gasteiger partial charge on any atom is -0.436 e. The Hall–Kier alpha value is -3.22. The van der Waals surface area contributed by atoms with Crippen LogP contribution in [-0.4, -0.2) is 10.9 Å². The van der Waals surface area contributed by atoms with Crippen molar-refractivity contribution in [3.8, 4) is 11.5 Å². The summed E-state index contributed by atoms with van der Waals surface area (Å²) in [6.07, 6.45) is 3.05. The maximum atomic E-state index is 13.6. The van der Waals surface area contributed by atoms with Gasteiger partial charge in [-0.15, -0.1) is 0 Å². The predicted molar refractivity (Wildman–Crippen MR) is 113 cm³/mol. The van der Waals surface area contributed by atoms with Crippen LogP contribution in [0.3, 0.4) is 0 Å². The van der Waals surface area contributed by atoms with E-state index >= 15 is 0 Å². The van der Waals surface area contributed by atoms with E-state index in [1.807, 2.05) is 0 Å². The Kier molecular flexibility index (Phi) is 5.53. The highest BCUT2D eigenvalue weighted by atomic mass is 35.5. The van der Waals surface area contributed by atoms with E-state index in [9.17, 15) is 13.6 Å². The molecule has 1 aromatic heterocycles. The largest absolute Gasteiger partial charge is 0.436 e. The SMILES string of the molecule is O=C(/C=C/c1ccc(Cl)cc1)Nc1ccc2oc(-c3cc(F)c(F)cc3Cl)nc2c1. The van der Waals surface area contributed by atoms with Crippen molar-refractivity contribution < 1.29 is 18.0 Å². The molecule has 0 saturated carbocycles. The molecule has 30 heavy (non-hydrogen) atoms. The van der Waals surface area contributed by atoms with Gasteiger partial charge in [0.05, 0.1) is 10.6 Å². The van der Waals surface area contributed by atoms with Gasteiger partial charge >= 0.3 is 0 Å². The fourth-order valence-corrected chi connectivity index (χ4v) is 3.09. The molecule has 0 bridgehead atoms. The van der Waals surface area contributed by atoms with E-state index in [1.54, 1.807) is 48.5 Å². The molecule has 4 aromatic rings. The van der Waals surface area contributed by atoms with Crippen LogP contribution in [0, 0.1) is 11.6 Å². The monoisotopic (exact) mass is 444 g/mol. The highest BCUT2D eigenvalue weighted by Crippen LogP contribution is 2.32. The first-order valence-corrected chi connectivity index (χ1v) is 9.45. The van der Waals surface area contributed by atoms with E-state index < -0.39 is 11.6 Å². The van der Waals surface area contributed by atoms with Gasteiger partial charge in [0.15, 0.2) is 17.2 Å². The average molecular weight is 445 g/mol. The van der Waals surface area contributed by atoms with Gasteiger partial charge in [0.2, 0.25) is 11.8 Å². The second-order valence-corrected chi connectivity index (χ2v) is 7.17. The fraction of sp³-hybridized carbons (Fsp3) is 0. The van der Waals surface area contributed by atoms with E-state index in [2.05, 4.69) is 10.3 Å². The van der Waals surface area contributed by atoms with Crippen LogP contribution in [0.5, 0.6) is 0 Å². The number of nitrogens with zero attached hydrogens (tertiary/aromatic N) is 1. The zero-order valence-electron chi connectivity index (χ0n) is 15.1. The molecule has 1 N–H and O–H groups in total. The van der Waals surface area contributed by atoms with Crippen LogP contribution >= 0.6 is 23.2 Å². The van der Waals surface area contributed by atoms with E-state index in [0.29, 0.717) is 21.8 Å². The Morgan fingerprint density at radius 2 is 1.73 bits per heavy atom. The predicted octanol–water partition coefficient (Wildman–Crippen LogP) is 6.73. The maximum absolute atomic E-state index is 13.6. The molecule has 3 aromatic carbocycles. The van der Waals surface area contributed by atoms with E-state index in [0.717, 1.165) is 17.7 Å². The molecule has 1 heterocycles. The summed E-state index contributed by atoms with van der Waals surface area (Å²) in [4.78, 5) is 16.4. The zero-order chi connectivity index (χ0) is 21.3. The Balaban J connectivity index is 1.54. The minimum atomic E-state index is -1.06. The van der Waals surface area contributed by atoms with Crippen molar-refractivity contribution in [2.24, 2.45) is 0 Å². The third-order valence-electron chi connectivity index (χ3n) is 4.19. The molecule has 0 radical (unpaired) electrons. The van der Waals surface area contributed by atoms with Crippen molar-refractivity contribution in [2.45, 2.75) is 0 Å². The lowest BCUT2D eigenvalue weighted by molar-refractivity contribution is -0.111. The molecule has 0 aliphatic heterocycles. The number of benzene rings is 3. The van der Waals surface area contributed by atoms with Crippen molar-refractivity contribution in [2.75, 3.05) is 5.32 Å².